The molecule has 0 aromatic heterocycles. The molecule has 6 nitrogen and oxygen atoms in total. The normalized spacial score (nSPS) is 9.95. The van der Waals surface area contributed by atoms with Crippen LogP contribution in [0, 0.1) is 0 Å². The van der Waals surface area contributed by atoms with Crippen LogP contribution in [0.15, 0.2) is 23.2 Å². The monoisotopic (exact) mass is 273 g/mol. The van der Waals surface area contributed by atoms with Crippen LogP contribution >= 0.6 is 0 Å². The van der Waals surface area contributed by atoms with Gasteiger partial charge >= 0.3 is 41.5 Å². The molecule has 19 heavy (non-hydrogen) atoms. The predicted molar refractivity (Wildman–Crippen MR) is 61.9 cm³/mol. The van der Waals surface area contributed by atoms with Gasteiger partial charge in [0.05, 0.1) is 6.42 Å². The Morgan fingerprint density at radius 1 is 1.47 bits per heavy atom. The van der Waals surface area contributed by atoms with E-state index in [1.807, 2.05) is 0 Å². The summed E-state index contributed by atoms with van der Waals surface area (Å²) in [5.74, 6) is -1.46. The van der Waals surface area contributed by atoms with Gasteiger partial charge in [0.1, 0.15) is 5.75 Å². The summed E-state index contributed by atoms with van der Waals surface area (Å²) in [6, 6.07) is 4.03. The second-order valence-electron chi connectivity index (χ2n) is 3.47. The number of carbonyl (C=O) groups excluding carboxylic acids is 1. The molecule has 0 bridgehead atoms. The Hall–Kier alpha value is -1.37. The molecule has 0 amide bonds. The number of benzene rings is 1. The number of carbonyl (C=O) groups is 2. The van der Waals surface area contributed by atoms with Crippen molar-refractivity contribution in [3.63, 3.8) is 0 Å². The molecule has 7 heteroatoms. The molecule has 0 aliphatic carbocycles. The zero-order valence-electron chi connectivity index (χ0n) is 10.8. The van der Waals surface area contributed by atoms with Gasteiger partial charge in [0, 0.05) is 19.7 Å². The van der Waals surface area contributed by atoms with Gasteiger partial charge < -0.3 is 14.9 Å². The van der Waals surface area contributed by atoms with Gasteiger partial charge in [0.2, 0.25) is 0 Å². The predicted octanol–water partition coefficient (Wildman–Crippen LogP) is -2.42. The fourth-order valence-electron chi connectivity index (χ4n) is 1.18. The van der Waals surface area contributed by atoms with Gasteiger partial charge in [0.25, 0.3) is 0 Å². The van der Waals surface area contributed by atoms with Crippen LogP contribution in [0.2, 0.25) is 0 Å². The minimum absolute atomic E-state index is 0. The summed E-state index contributed by atoms with van der Waals surface area (Å²) < 4.78 is 4.82. The first-order valence-corrected chi connectivity index (χ1v) is 5.20. The van der Waals surface area contributed by atoms with Crippen LogP contribution in [-0.4, -0.2) is 29.8 Å². The number of esters is 1. The third-order valence-electron chi connectivity index (χ3n) is 1.93. The van der Waals surface area contributed by atoms with Crippen LogP contribution in [0.3, 0.4) is 0 Å². The van der Waals surface area contributed by atoms with Crippen molar-refractivity contribution in [2.45, 2.75) is 13.3 Å². The average molecular weight is 273 g/mol. The second kappa shape index (κ2) is 8.68. The Kier molecular flexibility index (Phi) is 8.06. The van der Waals surface area contributed by atoms with E-state index in [4.69, 9.17) is 9.84 Å². The first-order valence-electron chi connectivity index (χ1n) is 5.20. The van der Waals surface area contributed by atoms with Gasteiger partial charge in [-0.2, -0.15) is 0 Å². The van der Waals surface area contributed by atoms with Crippen LogP contribution in [0.5, 0.6) is 11.5 Å². The molecule has 1 rings (SSSR count). The topological polar surface area (TPSA) is 99.0 Å². The van der Waals surface area contributed by atoms with Crippen molar-refractivity contribution in [2.24, 2.45) is 4.99 Å². The maximum atomic E-state index is 11.4. The van der Waals surface area contributed by atoms with Crippen molar-refractivity contribution in [2.75, 3.05) is 6.54 Å². The van der Waals surface area contributed by atoms with Gasteiger partial charge in [0.15, 0.2) is 0 Å². The molecule has 0 saturated heterocycles. The van der Waals surface area contributed by atoms with Gasteiger partial charge in [-0.3, -0.25) is 14.6 Å². The van der Waals surface area contributed by atoms with Crippen molar-refractivity contribution in [1.82, 2.24) is 0 Å². The second-order valence-corrected chi connectivity index (χ2v) is 3.47. The number of rotatable bonds is 5. The molecular formula is C12H12NNaO5. The van der Waals surface area contributed by atoms with E-state index in [1.165, 1.54) is 31.3 Å². The molecule has 0 fully saturated rings. The summed E-state index contributed by atoms with van der Waals surface area (Å²) >= 11 is 0. The van der Waals surface area contributed by atoms with E-state index in [0.717, 1.165) is 0 Å². The summed E-state index contributed by atoms with van der Waals surface area (Å²) in [4.78, 5) is 24.8. The van der Waals surface area contributed by atoms with Crippen LogP contribution in [0.25, 0.3) is 0 Å². The summed E-state index contributed by atoms with van der Waals surface area (Å²) in [6.45, 7) is 1.35. The quantitative estimate of drug-likeness (QED) is 0.279. The first kappa shape index (κ1) is 17.6. The SMILES string of the molecule is CC(=O)Oc1ccc([O-])c(C=NCCC(=O)O)c1.[Na+]. The van der Waals surface area contributed by atoms with E-state index in [2.05, 4.69) is 4.99 Å². The number of hydrogen-bond acceptors (Lipinski definition) is 5. The van der Waals surface area contributed by atoms with E-state index in [-0.39, 0.29) is 59.6 Å². The Bertz CT molecular complexity index is 487. The number of nitrogens with zero attached hydrogens (tertiary/aromatic N) is 1. The molecule has 0 radical (unpaired) electrons. The minimum atomic E-state index is -0.955. The van der Waals surface area contributed by atoms with Crippen molar-refractivity contribution < 1.29 is 54.1 Å². The Labute approximate surface area is 132 Å². The summed E-state index contributed by atoms with van der Waals surface area (Å²) in [7, 11) is 0. The molecule has 1 aromatic carbocycles. The molecule has 0 aliphatic heterocycles. The Morgan fingerprint density at radius 3 is 2.74 bits per heavy atom. The smallest absolute Gasteiger partial charge is 0.872 e. The largest absolute Gasteiger partial charge is 1.00 e. The van der Waals surface area contributed by atoms with E-state index in [1.54, 1.807) is 0 Å². The fraction of sp³-hybridized carbons (Fsp3) is 0.250. The van der Waals surface area contributed by atoms with E-state index in [0.29, 0.717) is 0 Å². The summed E-state index contributed by atoms with van der Waals surface area (Å²) in [6.07, 6.45) is 1.17. The molecule has 0 heterocycles. The molecule has 0 unspecified atom stereocenters. The molecule has 0 spiro atoms. The molecule has 0 saturated carbocycles. The molecule has 0 aliphatic rings. The zero-order chi connectivity index (χ0) is 13.5. The number of carboxylic acid groups (broad SMARTS) is 1. The van der Waals surface area contributed by atoms with Crippen LogP contribution < -0.4 is 39.4 Å². The third-order valence-corrected chi connectivity index (χ3v) is 1.93. The molecule has 1 aromatic rings. The third kappa shape index (κ3) is 6.95. The summed E-state index contributed by atoms with van der Waals surface area (Å²) in [5, 5.41) is 19.9. The maximum Gasteiger partial charge on any atom is 1.00 e. The minimum Gasteiger partial charge on any atom is -0.872 e. The number of aliphatic carboxylic acids is 1. The average Bonchev–Trinajstić information content (AvgIpc) is 2.27. The van der Waals surface area contributed by atoms with Gasteiger partial charge in [-0.1, -0.05) is 11.8 Å². The van der Waals surface area contributed by atoms with Crippen molar-refractivity contribution in [1.29, 1.82) is 0 Å². The van der Waals surface area contributed by atoms with Crippen LogP contribution in [0.1, 0.15) is 18.9 Å². The van der Waals surface area contributed by atoms with Crippen molar-refractivity contribution in [3.8, 4) is 11.5 Å². The molecule has 1 N–H and O–H groups in total. The summed E-state index contributed by atoms with van der Waals surface area (Å²) in [5.41, 5.74) is 0.249. The number of carboxylic acids is 1. The number of ether oxygens (including phenoxy) is 1. The molecule has 96 valence electrons. The van der Waals surface area contributed by atoms with Gasteiger partial charge in [-0.15, -0.1) is 0 Å². The van der Waals surface area contributed by atoms with E-state index < -0.39 is 11.9 Å². The maximum absolute atomic E-state index is 11.4. The van der Waals surface area contributed by atoms with Crippen molar-refractivity contribution in [3.05, 3.63) is 23.8 Å². The zero-order valence-corrected chi connectivity index (χ0v) is 12.8. The van der Waals surface area contributed by atoms with Gasteiger partial charge in [-0.25, -0.2) is 0 Å². The first-order chi connectivity index (χ1) is 8.49. The van der Waals surface area contributed by atoms with Crippen LogP contribution in [0.4, 0.5) is 0 Å². The molecular weight excluding hydrogens is 261 g/mol. The van der Waals surface area contributed by atoms with Crippen molar-refractivity contribution >= 4 is 18.2 Å². The standard InChI is InChI=1S/C12H13NO5.Na/c1-8(14)18-10-2-3-11(15)9(6-10)7-13-5-4-12(16)17;/h2-3,6-7,15H,4-5H2,1H3,(H,16,17);/q;+1/p-1. The molecule has 0 atom stereocenters. The number of aliphatic imine (C=N–C) groups is 1. The number of hydrogen-bond donors (Lipinski definition) is 1. The van der Waals surface area contributed by atoms with E-state index >= 15 is 0 Å². The fourth-order valence-corrected chi connectivity index (χ4v) is 1.18. The van der Waals surface area contributed by atoms with E-state index in [9.17, 15) is 14.7 Å². The Balaban J connectivity index is 0.00000324. The van der Waals surface area contributed by atoms with Crippen LogP contribution in [-0.2, 0) is 9.59 Å². The Morgan fingerprint density at radius 2 is 2.16 bits per heavy atom. The van der Waals surface area contributed by atoms with Gasteiger partial charge in [-0.05, 0) is 17.7 Å².